The average Bonchev–Trinajstić information content (AvgIpc) is 1.67. The number of rotatable bonds is 21. The van der Waals surface area contributed by atoms with Crippen LogP contribution in [0.4, 0.5) is 110 Å². The first-order valence-electron chi connectivity index (χ1n) is 44.5. The van der Waals surface area contributed by atoms with Crippen molar-refractivity contribution in [2.75, 3.05) is 33.7 Å². The molecule has 0 aliphatic carbocycles. The van der Waals surface area contributed by atoms with E-state index in [9.17, 15) is 52.7 Å². The van der Waals surface area contributed by atoms with Crippen LogP contribution in [-0.4, -0.2) is 130 Å². The molecule has 0 saturated heterocycles. The Morgan fingerprint density at radius 1 is 0.259 bits per heavy atom. The van der Waals surface area contributed by atoms with Crippen LogP contribution in [0.5, 0.6) is 5.75 Å². The van der Waals surface area contributed by atoms with E-state index in [1.807, 2.05) is 215 Å². The molecule has 0 atom stereocenters. The van der Waals surface area contributed by atoms with Crippen LogP contribution in [0.15, 0.2) is 275 Å². The number of para-hydroxylation sites is 3. The molecule has 20 rings (SSSR count). The summed E-state index contributed by atoms with van der Waals surface area (Å²) in [5, 5.41) is 15.4. The monoisotopic (exact) mass is 1950 g/mol. The van der Waals surface area contributed by atoms with E-state index in [0.717, 1.165) is 105 Å². The maximum Gasteiger partial charge on any atom is 0.433 e. The van der Waals surface area contributed by atoms with Gasteiger partial charge in [0.05, 0.1) is 44.4 Å². The van der Waals surface area contributed by atoms with Crippen molar-refractivity contribution in [1.29, 1.82) is 0 Å². The number of nitrogens with one attached hydrogen (secondary N) is 5. The number of anilines is 10. The fourth-order valence-corrected chi connectivity index (χ4v) is 14.4. The van der Waals surface area contributed by atoms with Crippen molar-refractivity contribution < 1.29 is 57.4 Å². The second-order valence-corrected chi connectivity index (χ2v) is 33.3. The number of hydrogen-bond donors (Lipinski definition) is 5. The number of fused-ring (bicyclic) bond motifs is 5. The molecule has 728 valence electrons. The molecule has 20 aromatic rings. The predicted molar refractivity (Wildman–Crippen MR) is 520 cm³/mol. The number of benzene rings is 5. The van der Waals surface area contributed by atoms with Gasteiger partial charge >= 0.3 is 24.7 Å². The van der Waals surface area contributed by atoms with E-state index in [1.165, 1.54) is 36.7 Å². The Balaban J connectivity index is 0.000000129. The molecule has 0 spiro atoms. The first-order valence-corrected chi connectivity index (χ1v) is 44.5. The highest BCUT2D eigenvalue weighted by Gasteiger charge is 2.37. The van der Waals surface area contributed by atoms with E-state index >= 15 is 0 Å². The highest BCUT2D eigenvalue weighted by molar-refractivity contribution is 5.92. The van der Waals surface area contributed by atoms with E-state index < -0.39 is 47.5 Å². The van der Waals surface area contributed by atoms with Crippen LogP contribution in [0.1, 0.15) is 122 Å². The van der Waals surface area contributed by atoms with Crippen LogP contribution in [-0.2, 0) is 24.7 Å². The molecule has 15 heterocycles. The number of nitrogens with zero attached hydrogens (tertiary/aromatic N) is 25. The van der Waals surface area contributed by atoms with E-state index in [1.54, 1.807) is 42.8 Å². The van der Waals surface area contributed by atoms with Crippen LogP contribution in [0.2, 0.25) is 0 Å². The molecule has 5 N–H and O–H groups in total. The van der Waals surface area contributed by atoms with Gasteiger partial charge in [-0.05, 0) is 154 Å². The Morgan fingerprint density at radius 3 is 0.874 bits per heavy atom. The first-order chi connectivity index (χ1) is 68.5. The van der Waals surface area contributed by atoms with Crippen LogP contribution >= 0.6 is 0 Å². The molecule has 0 unspecified atom stereocenters. The second-order valence-electron chi connectivity index (χ2n) is 33.3. The Bertz CT molecular complexity index is 7630. The zero-order chi connectivity index (χ0) is 101. The van der Waals surface area contributed by atoms with E-state index in [4.69, 9.17) is 24.7 Å². The molecular weight excluding hydrogens is 1870 g/mol. The fraction of sp³-hybridized carbons (Fsp3) is 0.200. The Hall–Kier alpha value is -17.4. The van der Waals surface area contributed by atoms with Crippen molar-refractivity contribution in [3.8, 4) is 62.8 Å². The summed E-state index contributed by atoms with van der Waals surface area (Å²) in [6.07, 6.45) is -3.59. The normalized spacial score (nSPS) is 11.8. The summed E-state index contributed by atoms with van der Waals surface area (Å²) in [6, 6.07) is 61.4. The number of aromatic nitrogens is 25. The van der Waals surface area contributed by atoms with Crippen molar-refractivity contribution in [2.24, 2.45) is 0 Å². The van der Waals surface area contributed by atoms with Crippen LogP contribution in [0, 0.1) is 0 Å². The zero-order valence-electron chi connectivity index (χ0n) is 78.0. The maximum atomic E-state index is 13.1. The quantitative estimate of drug-likeness (QED) is 0.0417. The molecular formula is C100H88F12N30O. The van der Waals surface area contributed by atoms with Crippen molar-refractivity contribution in [2.45, 2.75) is 124 Å². The predicted octanol–water partition coefficient (Wildman–Crippen LogP) is 25.1. The molecule has 43 heteroatoms. The minimum atomic E-state index is -4.67. The Labute approximate surface area is 807 Å². The number of halogens is 12. The van der Waals surface area contributed by atoms with E-state index in [-0.39, 0.29) is 75.8 Å². The van der Waals surface area contributed by atoms with Gasteiger partial charge in [-0.25, -0.2) is 79.7 Å². The topological polar surface area (TPSA) is 352 Å². The molecule has 0 bridgehead atoms. The van der Waals surface area contributed by atoms with Gasteiger partial charge in [0, 0.05) is 106 Å². The first kappa shape index (κ1) is 98.6. The summed E-state index contributed by atoms with van der Waals surface area (Å²) in [5.41, 5.74) is 7.01. The lowest BCUT2D eigenvalue weighted by Crippen LogP contribution is -2.10. The Morgan fingerprint density at radius 2 is 0.552 bits per heavy atom. The maximum absolute atomic E-state index is 13.1. The molecule has 0 radical (unpaired) electrons. The number of hydrogen-bond acceptors (Lipinski definition) is 26. The van der Waals surface area contributed by atoms with E-state index in [0.29, 0.717) is 68.6 Å². The summed E-state index contributed by atoms with van der Waals surface area (Å²) in [4.78, 5) is 85.8. The van der Waals surface area contributed by atoms with Gasteiger partial charge in [-0.15, -0.1) is 0 Å². The SMILES string of the molecule is CC(C)n1cnc2c(Nc3ccccc3)nc(-c3ccccc3)nc21.CC(C)n1cnc2c(Nc3ccnc(C(F)(F)F)c3)nc(-c3cccc(C(F)(F)F)n3)nc21.CC(C)n1cnc2c(Nc3ccnc(C(F)(F)F)c3)nc(-c3ccccc3)nc21.CC(C)n1cnc2c(Nc3ccnc(C(F)(F)F)c3)nc(-c3cccnc3)nc21.COc1ccccc1Nc1nc(-c2ccccc2)nc2c1ncn2C(C)C. The molecule has 0 amide bonds. The third-order valence-corrected chi connectivity index (χ3v) is 21.5. The minimum absolute atomic E-state index is 0.00735. The summed E-state index contributed by atoms with van der Waals surface area (Å²) in [5.74, 6) is 4.79. The summed E-state index contributed by atoms with van der Waals surface area (Å²) in [7, 11) is 1.65. The summed E-state index contributed by atoms with van der Waals surface area (Å²) >= 11 is 0. The smallest absolute Gasteiger partial charge is 0.433 e. The van der Waals surface area contributed by atoms with Gasteiger partial charge in [0.25, 0.3) is 0 Å². The summed E-state index contributed by atoms with van der Waals surface area (Å²) in [6.45, 7) is 20.1. The second kappa shape index (κ2) is 42.1. The van der Waals surface area contributed by atoms with Crippen LogP contribution in [0.25, 0.3) is 113 Å². The van der Waals surface area contributed by atoms with Gasteiger partial charge in [-0.1, -0.05) is 127 Å². The molecule has 5 aromatic carbocycles. The standard InChI is InChI=1S/C21H21N5O.C20H15F6N7.C20H17F3N6.C20H19N5.C19H16F3N7/c1-14(2)26-13-22-18-20(23-16-11-7-8-12-17(16)27-3)24-19(25-21(18)26)15-9-5-4-6-10-15;1-10(2)33-9-28-15-17(29-11-6-7-27-14(8-11)20(24,25)26)31-16(32-18(15)33)12-4-3-5-13(30-12)19(21,22)23;1-12(2)29-11-25-16-18(26-14-8-9-24-15(10-14)20(21,22)23)27-17(28-19(16)29)13-6-4-3-5-7-13;1-14(2)25-13-21-17-19(22-16-11-7-4-8-12-16)23-18(24-20(17)25)15-9-5-3-6-10-15;1-11(2)29-10-25-15-17(26-13-5-7-24-14(8-13)19(20,21)22)27-16(28-18(15)29)12-4-3-6-23-9-12/h4-14H,1-3H3,(H,23,24,25);3-10H,1-2H3,(H,27,29,31,32);3-12H,1-2H3,(H,24,26,27,28);3-14H,1-2H3,(H,22,23,24);3-11H,1-2H3,(H,24,26,27,28). The largest absolute Gasteiger partial charge is 0.495 e. The zero-order valence-corrected chi connectivity index (χ0v) is 78.0. The van der Waals surface area contributed by atoms with Gasteiger partial charge in [-0.2, -0.15) is 52.7 Å². The third-order valence-electron chi connectivity index (χ3n) is 21.5. The molecule has 0 aliphatic rings. The minimum Gasteiger partial charge on any atom is -0.495 e. The molecule has 0 aliphatic heterocycles. The van der Waals surface area contributed by atoms with Crippen molar-refractivity contribution in [1.82, 2.24) is 123 Å². The molecule has 15 aromatic heterocycles. The average molecular weight is 1950 g/mol. The van der Waals surface area contributed by atoms with Gasteiger partial charge in [0.1, 0.15) is 34.2 Å². The lowest BCUT2D eigenvalue weighted by Gasteiger charge is -2.13. The molecule has 0 fully saturated rings. The number of pyridine rings is 5. The van der Waals surface area contributed by atoms with Crippen LogP contribution < -0.4 is 31.3 Å². The number of imidazole rings is 5. The van der Waals surface area contributed by atoms with Gasteiger partial charge in [0.2, 0.25) is 0 Å². The van der Waals surface area contributed by atoms with Crippen molar-refractivity contribution in [3.63, 3.8) is 0 Å². The lowest BCUT2D eigenvalue weighted by atomic mass is 10.2. The highest BCUT2D eigenvalue weighted by atomic mass is 19.4. The lowest BCUT2D eigenvalue weighted by molar-refractivity contribution is -0.141. The summed E-state index contributed by atoms with van der Waals surface area (Å²) < 4.78 is 172. The fourth-order valence-electron chi connectivity index (χ4n) is 14.4. The molecule has 31 nitrogen and oxygen atoms in total. The van der Waals surface area contributed by atoms with Gasteiger partial charge in [0.15, 0.2) is 114 Å². The van der Waals surface area contributed by atoms with Gasteiger partial charge in [-0.3, -0.25) is 19.9 Å². The molecule has 0 saturated carbocycles. The Kier molecular flexibility index (Phi) is 29.0. The number of alkyl halides is 12. The molecule has 143 heavy (non-hydrogen) atoms. The van der Waals surface area contributed by atoms with E-state index in [2.05, 4.69) is 143 Å². The van der Waals surface area contributed by atoms with Crippen molar-refractivity contribution in [3.05, 3.63) is 298 Å². The number of ether oxygens (including phenoxy) is 1. The third kappa shape index (κ3) is 23.1. The number of methoxy groups -OCH3 is 1. The highest BCUT2D eigenvalue weighted by Crippen LogP contribution is 2.40. The van der Waals surface area contributed by atoms with Crippen molar-refractivity contribution >= 4 is 113 Å². The van der Waals surface area contributed by atoms with Crippen LogP contribution in [0.3, 0.4) is 0 Å². The van der Waals surface area contributed by atoms with Gasteiger partial charge < -0.3 is 54.2 Å².